The molecule has 0 spiro atoms. The smallest absolute Gasteiger partial charge is 0.348 e. The molecule has 0 saturated carbocycles. The van der Waals surface area contributed by atoms with Crippen LogP contribution in [-0.2, 0) is 6.54 Å². The van der Waals surface area contributed by atoms with Crippen LogP contribution in [0.5, 0.6) is 0 Å². The van der Waals surface area contributed by atoms with Crippen molar-refractivity contribution in [2.45, 2.75) is 20.4 Å². The summed E-state index contributed by atoms with van der Waals surface area (Å²) in [6.07, 6.45) is 0. The SMILES string of the molecule is Cc1nc(=O)n(Cc2csc(N)n2)c(C)c1Br. The van der Waals surface area contributed by atoms with E-state index in [2.05, 4.69) is 25.9 Å². The molecule has 5 nitrogen and oxygen atoms in total. The third-order valence-corrected chi connectivity index (χ3v) is 4.29. The zero-order valence-corrected chi connectivity index (χ0v) is 11.8. The maximum atomic E-state index is 11.8. The van der Waals surface area contributed by atoms with E-state index in [-0.39, 0.29) is 5.69 Å². The lowest BCUT2D eigenvalue weighted by molar-refractivity contribution is 0.679. The van der Waals surface area contributed by atoms with Crippen molar-refractivity contribution in [3.63, 3.8) is 0 Å². The summed E-state index contributed by atoms with van der Waals surface area (Å²) >= 11 is 4.78. The Labute approximate surface area is 110 Å². The number of aryl methyl sites for hydroxylation is 1. The van der Waals surface area contributed by atoms with Gasteiger partial charge >= 0.3 is 5.69 Å². The average molecular weight is 315 g/mol. The van der Waals surface area contributed by atoms with E-state index in [0.717, 1.165) is 15.9 Å². The van der Waals surface area contributed by atoms with Crippen LogP contribution in [0.3, 0.4) is 0 Å². The van der Waals surface area contributed by atoms with Gasteiger partial charge in [0.1, 0.15) is 0 Å². The highest BCUT2D eigenvalue weighted by Gasteiger charge is 2.10. The highest BCUT2D eigenvalue weighted by Crippen LogP contribution is 2.18. The lowest BCUT2D eigenvalue weighted by Gasteiger charge is -2.10. The third-order valence-electron chi connectivity index (χ3n) is 2.42. The number of nitrogens with two attached hydrogens (primary N) is 1. The topological polar surface area (TPSA) is 73.8 Å². The van der Waals surface area contributed by atoms with Crippen molar-refractivity contribution in [1.29, 1.82) is 0 Å². The van der Waals surface area contributed by atoms with Crippen molar-refractivity contribution in [3.8, 4) is 0 Å². The molecule has 17 heavy (non-hydrogen) atoms. The number of nitrogens with zero attached hydrogens (tertiary/aromatic N) is 3. The second kappa shape index (κ2) is 4.58. The Morgan fingerprint density at radius 1 is 1.47 bits per heavy atom. The Bertz CT molecular complexity index is 619. The van der Waals surface area contributed by atoms with Gasteiger partial charge in [-0.2, -0.15) is 4.98 Å². The van der Waals surface area contributed by atoms with Crippen LogP contribution in [0.15, 0.2) is 14.6 Å². The van der Waals surface area contributed by atoms with Crippen LogP contribution in [0.25, 0.3) is 0 Å². The van der Waals surface area contributed by atoms with Gasteiger partial charge in [0, 0.05) is 11.1 Å². The minimum Gasteiger partial charge on any atom is -0.375 e. The van der Waals surface area contributed by atoms with E-state index >= 15 is 0 Å². The van der Waals surface area contributed by atoms with E-state index in [0.29, 0.717) is 17.4 Å². The van der Waals surface area contributed by atoms with Gasteiger partial charge in [-0.05, 0) is 29.8 Å². The molecule has 7 heteroatoms. The highest BCUT2D eigenvalue weighted by molar-refractivity contribution is 9.10. The molecule has 2 aromatic rings. The van der Waals surface area contributed by atoms with E-state index in [1.165, 1.54) is 11.3 Å². The molecule has 2 aromatic heterocycles. The van der Waals surface area contributed by atoms with Crippen molar-refractivity contribution < 1.29 is 0 Å². The summed E-state index contributed by atoms with van der Waals surface area (Å²) in [6.45, 7) is 4.06. The monoisotopic (exact) mass is 314 g/mol. The van der Waals surface area contributed by atoms with E-state index in [1.54, 1.807) is 11.5 Å². The molecule has 2 rings (SSSR count). The molecule has 2 N–H and O–H groups in total. The summed E-state index contributed by atoms with van der Waals surface area (Å²) < 4.78 is 2.42. The summed E-state index contributed by atoms with van der Waals surface area (Å²) in [5.41, 5.74) is 7.60. The van der Waals surface area contributed by atoms with Crippen LogP contribution in [0.2, 0.25) is 0 Å². The number of halogens is 1. The molecule has 0 aromatic carbocycles. The van der Waals surface area contributed by atoms with Crippen LogP contribution in [0, 0.1) is 13.8 Å². The first-order valence-electron chi connectivity index (χ1n) is 4.92. The molecule has 0 aliphatic carbocycles. The predicted octanol–water partition coefficient (Wildman–Crippen LogP) is 1.71. The second-order valence-corrected chi connectivity index (χ2v) is 5.33. The lowest BCUT2D eigenvalue weighted by Crippen LogP contribution is -2.27. The summed E-state index contributed by atoms with van der Waals surface area (Å²) in [5, 5.41) is 2.35. The number of rotatable bonds is 2. The third kappa shape index (κ3) is 2.39. The van der Waals surface area contributed by atoms with Crippen molar-refractivity contribution in [3.05, 3.63) is 37.4 Å². The number of nitrogen functional groups attached to an aromatic ring is 1. The number of anilines is 1. The normalized spacial score (nSPS) is 10.8. The summed E-state index contributed by atoms with van der Waals surface area (Å²) in [6, 6.07) is 0. The van der Waals surface area contributed by atoms with E-state index < -0.39 is 0 Å². The Balaban J connectivity index is 2.46. The van der Waals surface area contributed by atoms with Gasteiger partial charge in [-0.15, -0.1) is 11.3 Å². The molecule has 90 valence electrons. The molecule has 0 aliphatic rings. The molecule has 0 aliphatic heterocycles. The van der Waals surface area contributed by atoms with Gasteiger partial charge in [0.25, 0.3) is 0 Å². The molecular formula is C10H11BrN4OS. The summed E-state index contributed by atoms with van der Waals surface area (Å²) in [4.78, 5) is 19.9. The Hall–Kier alpha value is -1.21. The number of hydrogen-bond acceptors (Lipinski definition) is 5. The quantitative estimate of drug-likeness (QED) is 0.915. The zero-order valence-electron chi connectivity index (χ0n) is 9.40. The Kier molecular flexibility index (Phi) is 3.30. The molecule has 0 saturated heterocycles. The Morgan fingerprint density at radius 2 is 2.18 bits per heavy atom. The highest BCUT2D eigenvalue weighted by atomic mass is 79.9. The first-order valence-corrected chi connectivity index (χ1v) is 6.59. The molecular weight excluding hydrogens is 304 g/mol. The van der Waals surface area contributed by atoms with Crippen LogP contribution in [0.4, 0.5) is 5.13 Å². The molecule has 0 atom stereocenters. The van der Waals surface area contributed by atoms with Crippen LogP contribution in [0.1, 0.15) is 17.1 Å². The van der Waals surface area contributed by atoms with Crippen LogP contribution >= 0.6 is 27.3 Å². The molecule has 0 amide bonds. The van der Waals surface area contributed by atoms with Gasteiger partial charge in [-0.25, -0.2) is 9.78 Å². The van der Waals surface area contributed by atoms with Gasteiger partial charge in [0.2, 0.25) is 0 Å². The van der Waals surface area contributed by atoms with Gasteiger partial charge < -0.3 is 5.73 Å². The number of thiazole rings is 1. The Morgan fingerprint density at radius 3 is 2.76 bits per heavy atom. The fourth-order valence-electron chi connectivity index (χ4n) is 1.52. The molecule has 0 fully saturated rings. The van der Waals surface area contributed by atoms with Crippen molar-refractivity contribution >= 4 is 32.4 Å². The second-order valence-electron chi connectivity index (χ2n) is 3.64. The van der Waals surface area contributed by atoms with Crippen molar-refractivity contribution in [2.75, 3.05) is 5.73 Å². The fourth-order valence-corrected chi connectivity index (χ4v) is 2.38. The maximum Gasteiger partial charge on any atom is 0.348 e. The largest absolute Gasteiger partial charge is 0.375 e. The standard InChI is InChI=1S/C10H11BrN4OS/c1-5-8(11)6(2)15(10(16)13-5)3-7-4-17-9(12)14-7/h4H,3H2,1-2H3,(H2,12,14). The van der Waals surface area contributed by atoms with Gasteiger partial charge in [-0.3, -0.25) is 4.57 Å². The first kappa shape index (κ1) is 12.3. The van der Waals surface area contributed by atoms with E-state index in [4.69, 9.17) is 5.73 Å². The van der Waals surface area contributed by atoms with Gasteiger partial charge in [0.15, 0.2) is 5.13 Å². The zero-order chi connectivity index (χ0) is 12.6. The van der Waals surface area contributed by atoms with E-state index in [1.807, 2.05) is 12.3 Å². The average Bonchev–Trinajstić information content (AvgIpc) is 2.67. The van der Waals surface area contributed by atoms with Crippen LogP contribution in [-0.4, -0.2) is 14.5 Å². The number of hydrogen-bond donors (Lipinski definition) is 1. The summed E-state index contributed by atoms with van der Waals surface area (Å²) in [7, 11) is 0. The molecule has 0 radical (unpaired) electrons. The summed E-state index contributed by atoms with van der Waals surface area (Å²) in [5.74, 6) is 0. The lowest BCUT2D eigenvalue weighted by atomic mass is 10.3. The van der Waals surface area contributed by atoms with Gasteiger partial charge in [-0.1, -0.05) is 0 Å². The minimum atomic E-state index is -0.269. The van der Waals surface area contributed by atoms with Gasteiger partial charge in [0.05, 0.1) is 22.4 Å². The van der Waals surface area contributed by atoms with E-state index in [9.17, 15) is 4.79 Å². The van der Waals surface area contributed by atoms with Crippen molar-refractivity contribution in [1.82, 2.24) is 14.5 Å². The minimum absolute atomic E-state index is 0.269. The maximum absolute atomic E-state index is 11.8. The molecule has 0 bridgehead atoms. The molecule has 0 unspecified atom stereocenters. The number of aromatic nitrogens is 3. The fraction of sp³-hybridized carbons (Fsp3) is 0.300. The predicted molar refractivity (Wildman–Crippen MR) is 71.3 cm³/mol. The van der Waals surface area contributed by atoms with Crippen molar-refractivity contribution in [2.24, 2.45) is 0 Å². The first-order chi connectivity index (χ1) is 7.99. The molecule has 2 heterocycles. The van der Waals surface area contributed by atoms with Crippen LogP contribution < -0.4 is 11.4 Å².